The number of halogens is 3. The number of hydrogen-bond acceptors (Lipinski definition) is 5. The van der Waals surface area contributed by atoms with Crippen molar-refractivity contribution >= 4 is 50.6 Å². The van der Waals surface area contributed by atoms with Crippen molar-refractivity contribution in [3.05, 3.63) is 69.7 Å². The first-order valence-electron chi connectivity index (χ1n) is 7.83. The summed E-state index contributed by atoms with van der Waals surface area (Å²) in [5, 5.41) is 0.0633. The van der Waals surface area contributed by atoms with E-state index >= 15 is 0 Å². The maximum atomic E-state index is 12.7. The van der Waals surface area contributed by atoms with Gasteiger partial charge in [-0.3, -0.25) is 4.72 Å². The van der Waals surface area contributed by atoms with Crippen molar-refractivity contribution in [1.82, 2.24) is 9.97 Å². The highest BCUT2D eigenvalue weighted by Gasteiger charge is 2.23. The molecule has 0 aliphatic carbocycles. The second-order valence-corrected chi connectivity index (χ2v) is 8.42. The molecule has 3 rings (SSSR count). The van der Waals surface area contributed by atoms with E-state index in [0.717, 1.165) is 5.69 Å². The molecule has 1 N–H and O–H groups in total. The lowest BCUT2D eigenvalue weighted by atomic mass is 10.3. The molecule has 0 atom stereocenters. The molecule has 28 heavy (non-hydrogen) atoms. The average molecular weight is 461 g/mol. The van der Waals surface area contributed by atoms with Crippen molar-refractivity contribution in [3.8, 4) is 5.88 Å². The summed E-state index contributed by atoms with van der Waals surface area (Å²) in [6.07, 6.45) is 3.06. The highest BCUT2D eigenvalue weighted by molar-refractivity contribution is 7.92. The Hall–Kier alpha value is -2.13. The predicted molar refractivity (Wildman–Crippen MR) is 106 cm³/mol. The molecule has 0 aliphatic rings. The van der Waals surface area contributed by atoms with Crippen molar-refractivity contribution in [3.63, 3.8) is 0 Å². The van der Waals surface area contributed by atoms with Crippen LogP contribution in [0.3, 0.4) is 0 Å². The van der Waals surface area contributed by atoms with Crippen LogP contribution in [0.1, 0.15) is 5.69 Å². The molecular formula is C17H14Cl3N4O3S+. The van der Waals surface area contributed by atoms with Gasteiger partial charge in [-0.15, -0.1) is 0 Å². The number of nitrogens with one attached hydrogen (secondary N) is 1. The third-order valence-corrected chi connectivity index (χ3v) is 6.16. The molecular weight excluding hydrogens is 447 g/mol. The summed E-state index contributed by atoms with van der Waals surface area (Å²) in [7, 11) is -2.24. The summed E-state index contributed by atoms with van der Waals surface area (Å²) in [6.45, 7) is 0.124. The Morgan fingerprint density at radius 3 is 2.68 bits per heavy atom. The highest BCUT2D eigenvalue weighted by Crippen LogP contribution is 2.31. The number of anilines is 1. The van der Waals surface area contributed by atoms with Crippen LogP contribution in [0.25, 0.3) is 0 Å². The quantitative estimate of drug-likeness (QED) is 0.568. The number of hydrogen-bond donors (Lipinski definition) is 1. The van der Waals surface area contributed by atoms with Crippen molar-refractivity contribution in [1.29, 1.82) is 0 Å². The van der Waals surface area contributed by atoms with E-state index in [1.807, 2.05) is 36.0 Å². The Kier molecular flexibility index (Phi) is 6.24. The minimum atomic E-state index is -4.09. The molecule has 0 amide bonds. The van der Waals surface area contributed by atoms with E-state index in [-0.39, 0.29) is 38.4 Å². The maximum absolute atomic E-state index is 12.7. The Bertz CT molecular complexity index is 1130. The highest BCUT2D eigenvalue weighted by atomic mass is 35.5. The van der Waals surface area contributed by atoms with E-state index in [2.05, 4.69) is 14.7 Å². The van der Waals surface area contributed by atoms with Crippen LogP contribution in [0.5, 0.6) is 5.88 Å². The number of pyridine rings is 1. The Morgan fingerprint density at radius 1 is 1.14 bits per heavy atom. The van der Waals surface area contributed by atoms with E-state index in [0.29, 0.717) is 0 Å². The molecule has 1 aromatic carbocycles. The molecule has 0 saturated heterocycles. The van der Waals surface area contributed by atoms with Gasteiger partial charge in [-0.25, -0.2) is 18.0 Å². The number of sulfonamides is 1. The Labute approximate surface area is 176 Å². The topological polar surface area (TPSA) is 85.1 Å². The molecule has 0 aliphatic heterocycles. The van der Waals surface area contributed by atoms with Crippen LogP contribution in [0.15, 0.2) is 53.7 Å². The number of aryl methyl sites for hydroxylation is 1. The van der Waals surface area contributed by atoms with Crippen molar-refractivity contribution in [2.75, 3.05) is 4.72 Å². The second kappa shape index (κ2) is 8.48. The van der Waals surface area contributed by atoms with Crippen molar-refractivity contribution in [2.45, 2.75) is 11.5 Å². The summed E-state index contributed by atoms with van der Waals surface area (Å²) < 4.78 is 35.3. The summed E-state index contributed by atoms with van der Waals surface area (Å²) in [5.74, 6) is -0.197. The largest absolute Gasteiger partial charge is 0.464 e. The lowest BCUT2D eigenvalue weighted by Crippen LogP contribution is -2.33. The normalized spacial score (nSPS) is 11.3. The zero-order chi connectivity index (χ0) is 20.3. The fraction of sp³-hybridized carbons (Fsp3) is 0.118. The van der Waals surface area contributed by atoms with Gasteiger partial charge in [0.05, 0.1) is 16.2 Å². The van der Waals surface area contributed by atoms with E-state index in [9.17, 15) is 8.42 Å². The molecule has 2 aromatic heterocycles. The Morgan fingerprint density at radius 2 is 1.93 bits per heavy atom. The number of ether oxygens (including phenoxy) is 1. The van der Waals surface area contributed by atoms with Crippen LogP contribution in [0, 0.1) is 0 Å². The van der Waals surface area contributed by atoms with Gasteiger partial charge >= 0.3 is 0 Å². The smallest absolute Gasteiger partial charge is 0.264 e. The molecule has 0 fully saturated rings. The molecule has 0 saturated carbocycles. The van der Waals surface area contributed by atoms with E-state index in [4.69, 9.17) is 39.5 Å². The molecule has 0 bridgehead atoms. The Balaban J connectivity index is 1.90. The van der Waals surface area contributed by atoms with Gasteiger partial charge < -0.3 is 4.74 Å². The first kappa shape index (κ1) is 20.6. The van der Waals surface area contributed by atoms with Crippen LogP contribution in [-0.2, 0) is 23.7 Å². The van der Waals surface area contributed by atoms with Gasteiger partial charge in [0.25, 0.3) is 15.9 Å². The lowest BCUT2D eigenvalue weighted by Gasteiger charge is -2.12. The third kappa shape index (κ3) is 4.64. The van der Waals surface area contributed by atoms with Gasteiger partial charge in [-0.1, -0.05) is 40.9 Å². The molecule has 7 nitrogen and oxygen atoms in total. The standard InChI is InChI=1S/C17H14Cl3N4O3S/c1-24-8-3-2-5-11(24)10-27-17-16(21-9-14(19)22-17)23-28(25,26)13-7-4-6-12(18)15(13)20/h2-9H,10H2,1H3,(H,21,23)/q+1. The van der Waals surface area contributed by atoms with Crippen LogP contribution in [0.2, 0.25) is 15.2 Å². The fourth-order valence-corrected chi connectivity index (χ4v) is 4.14. The van der Waals surface area contributed by atoms with Crippen molar-refractivity contribution in [2.24, 2.45) is 7.05 Å². The minimum Gasteiger partial charge on any atom is -0.464 e. The van der Waals surface area contributed by atoms with Crippen LogP contribution in [-0.4, -0.2) is 18.4 Å². The zero-order valence-corrected chi connectivity index (χ0v) is 17.5. The van der Waals surface area contributed by atoms with E-state index in [1.54, 1.807) is 0 Å². The average Bonchev–Trinajstić information content (AvgIpc) is 2.65. The molecule has 0 spiro atoms. The minimum absolute atomic E-state index is 0.0520. The first-order chi connectivity index (χ1) is 13.3. The molecule has 11 heteroatoms. The summed E-state index contributed by atoms with van der Waals surface area (Å²) in [5.41, 5.74) is 0.830. The van der Waals surface area contributed by atoms with Crippen LogP contribution < -0.4 is 14.0 Å². The molecule has 0 radical (unpaired) electrons. The van der Waals surface area contributed by atoms with Gasteiger partial charge in [-0.05, 0) is 18.2 Å². The predicted octanol–water partition coefficient (Wildman–Crippen LogP) is 3.64. The summed E-state index contributed by atoms with van der Waals surface area (Å²) in [4.78, 5) is 7.81. The molecule has 2 heterocycles. The molecule has 146 valence electrons. The number of benzene rings is 1. The van der Waals surface area contributed by atoms with Gasteiger partial charge in [0.2, 0.25) is 11.5 Å². The van der Waals surface area contributed by atoms with Gasteiger partial charge in [0, 0.05) is 12.1 Å². The fourth-order valence-electron chi connectivity index (χ4n) is 2.25. The van der Waals surface area contributed by atoms with E-state index in [1.165, 1.54) is 24.4 Å². The van der Waals surface area contributed by atoms with Crippen molar-refractivity contribution < 1.29 is 17.7 Å². The van der Waals surface area contributed by atoms with Crippen LogP contribution >= 0.6 is 34.8 Å². The van der Waals surface area contributed by atoms with Gasteiger partial charge in [0.1, 0.15) is 11.9 Å². The first-order valence-corrected chi connectivity index (χ1v) is 10.5. The lowest BCUT2D eigenvalue weighted by molar-refractivity contribution is -0.680. The number of rotatable bonds is 6. The zero-order valence-electron chi connectivity index (χ0n) is 14.4. The summed E-state index contributed by atoms with van der Waals surface area (Å²) in [6, 6.07) is 9.87. The van der Waals surface area contributed by atoms with Crippen LogP contribution in [0.4, 0.5) is 5.82 Å². The summed E-state index contributed by atoms with van der Waals surface area (Å²) >= 11 is 17.8. The van der Waals surface area contributed by atoms with Gasteiger partial charge in [0.15, 0.2) is 18.0 Å². The third-order valence-electron chi connectivity index (χ3n) is 3.67. The number of aromatic nitrogens is 3. The molecule has 0 unspecified atom stereocenters. The second-order valence-electron chi connectivity index (χ2n) is 5.60. The molecule has 3 aromatic rings. The van der Waals surface area contributed by atoms with Gasteiger partial charge in [-0.2, -0.15) is 4.98 Å². The maximum Gasteiger partial charge on any atom is 0.264 e. The SMILES string of the molecule is C[n+]1ccccc1COc1nc(Cl)cnc1NS(=O)(=O)c1cccc(Cl)c1Cl. The number of nitrogens with zero attached hydrogens (tertiary/aromatic N) is 3. The van der Waals surface area contributed by atoms with E-state index < -0.39 is 10.0 Å². The monoisotopic (exact) mass is 459 g/mol.